The van der Waals surface area contributed by atoms with Gasteiger partial charge in [0.25, 0.3) is 5.56 Å². The number of benzene rings is 1. The maximum absolute atomic E-state index is 13.3. The Kier molecular flexibility index (Phi) is 2.97. The summed E-state index contributed by atoms with van der Waals surface area (Å²) in [6.07, 6.45) is 2.27. The van der Waals surface area contributed by atoms with Crippen molar-refractivity contribution in [3.63, 3.8) is 0 Å². The van der Waals surface area contributed by atoms with Crippen molar-refractivity contribution in [1.82, 2.24) is 9.36 Å². The smallest absolute Gasteiger partial charge is 0.275 e. The minimum Gasteiger partial charge on any atom is -0.281 e. The molecule has 1 heterocycles. The summed E-state index contributed by atoms with van der Waals surface area (Å²) in [5.74, 6) is 0.358. The van der Waals surface area contributed by atoms with Gasteiger partial charge in [-0.1, -0.05) is 44.5 Å². The molecule has 0 saturated heterocycles. The fourth-order valence-electron chi connectivity index (χ4n) is 5.05. The highest BCUT2D eigenvalue weighted by Crippen LogP contribution is 2.67. The van der Waals surface area contributed by atoms with E-state index in [1.807, 2.05) is 24.3 Å². The molecule has 2 aliphatic rings. The molecule has 1 aromatic carbocycles. The van der Waals surface area contributed by atoms with Gasteiger partial charge < -0.3 is 0 Å². The van der Waals surface area contributed by atoms with Crippen molar-refractivity contribution in [2.24, 2.45) is 5.41 Å². The average molecular weight is 331 g/mol. The lowest BCUT2D eigenvalue weighted by molar-refractivity contribution is 0.216. The Labute approximate surface area is 141 Å². The van der Waals surface area contributed by atoms with Crippen LogP contribution in [0.4, 0.5) is 0 Å². The summed E-state index contributed by atoms with van der Waals surface area (Å²) in [4.78, 5) is 13.3. The molecule has 1 unspecified atom stereocenters. The normalized spacial score (nSPS) is 27.4. The van der Waals surface area contributed by atoms with Crippen molar-refractivity contribution < 1.29 is 0 Å². The Hall–Kier alpha value is -1.48. The molecule has 0 N–H and O–H groups in total. The van der Waals surface area contributed by atoms with E-state index < -0.39 is 0 Å². The highest BCUT2D eigenvalue weighted by atomic mass is 35.5. The lowest BCUT2D eigenvalue weighted by atomic mass is 9.70. The molecular formula is C19H23ClN2O. The maximum Gasteiger partial charge on any atom is 0.275 e. The first-order valence-corrected chi connectivity index (χ1v) is 8.83. The van der Waals surface area contributed by atoms with Crippen molar-refractivity contribution in [1.29, 1.82) is 0 Å². The summed E-state index contributed by atoms with van der Waals surface area (Å²) < 4.78 is 3.97. The van der Waals surface area contributed by atoms with E-state index in [4.69, 9.17) is 11.6 Å². The SMILES string of the molecule is CCn1c2c(c(=O)n1-c1ccccc1Cl)C1CC[C@@]2(C)C1(C)C. The van der Waals surface area contributed by atoms with Crippen molar-refractivity contribution >= 4 is 11.6 Å². The Bertz CT molecular complexity index is 861. The number of rotatable bonds is 2. The molecule has 4 rings (SSSR count). The van der Waals surface area contributed by atoms with E-state index in [0.29, 0.717) is 10.9 Å². The second kappa shape index (κ2) is 4.54. The molecule has 0 spiro atoms. The van der Waals surface area contributed by atoms with Crippen molar-refractivity contribution in [3.05, 3.63) is 50.9 Å². The number of hydrogen-bond acceptors (Lipinski definition) is 1. The molecule has 0 aliphatic heterocycles. The largest absolute Gasteiger partial charge is 0.281 e. The van der Waals surface area contributed by atoms with Crippen LogP contribution in [-0.4, -0.2) is 9.36 Å². The fourth-order valence-corrected chi connectivity index (χ4v) is 5.27. The molecule has 4 heteroatoms. The van der Waals surface area contributed by atoms with Crippen LogP contribution in [0.5, 0.6) is 0 Å². The Balaban J connectivity index is 2.08. The standard InChI is InChI=1S/C19H23ClN2O/c1-5-21-16-15(12-10-11-19(16,4)18(12,2)3)17(23)22(21)14-9-7-6-8-13(14)20/h6-9,12H,5,10-11H2,1-4H3/t12?,19-/m1/s1. The fraction of sp³-hybridized carbons (Fsp3) is 0.526. The van der Waals surface area contributed by atoms with E-state index in [9.17, 15) is 4.79 Å². The van der Waals surface area contributed by atoms with Crippen LogP contribution in [0.2, 0.25) is 5.02 Å². The lowest BCUT2D eigenvalue weighted by Gasteiger charge is -2.36. The highest BCUT2D eigenvalue weighted by molar-refractivity contribution is 6.32. The summed E-state index contributed by atoms with van der Waals surface area (Å²) in [5.41, 5.74) is 3.39. The number of para-hydroxylation sites is 1. The third-order valence-electron chi connectivity index (χ3n) is 6.66. The number of aromatic nitrogens is 2. The first-order valence-electron chi connectivity index (χ1n) is 8.45. The second-order valence-corrected chi connectivity index (χ2v) is 8.10. The molecule has 1 saturated carbocycles. The van der Waals surface area contributed by atoms with Crippen LogP contribution in [0.1, 0.15) is 57.7 Å². The summed E-state index contributed by atoms with van der Waals surface area (Å²) in [6.45, 7) is 9.86. The molecule has 2 aromatic rings. The lowest BCUT2D eigenvalue weighted by Crippen LogP contribution is -2.35. The van der Waals surface area contributed by atoms with Crippen LogP contribution < -0.4 is 5.56 Å². The third-order valence-corrected chi connectivity index (χ3v) is 6.97. The number of nitrogens with zero attached hydrogens (tertiary/aromatic N) is 2. The van der Waals surface area contributed by atoms with E-state index in [0.717, 1.165) is 30.6 Å². The quantitative estimate of drug-likeness (QED) is 0.797. The van der Waals surface area contributed by atoms with Crippen LogP contribution in [-0.2, 0) is 12.0 Å². The van der Waals surface area contributed by atoms with Crippen LogP contribution in [0, 0.1) is 5.41 Å². The molecule has 23 heavy (non-hydrogen) atoms. The molecule has 0 radical (unpaired) electrons. The zero-order valence-electron chi connectivity index (χ0n) is 14.2. The van der Waals surface area contributed by atoms with Gasteiger partial charge in [0.1, 0.15) is 0 Å². The number of halogens is 1. The maximum atomic E-state index is 13.3. The van der Waals surface area contributed by atoms with Gasteiger partial charge in [0.05, 0.1) is 16.4 Å². The predicted molar refractivity (Wildman–Crippen MR) is 93.8 cm³/mol. The molecule has 0 amide bonds. The molecule has 3 nitrogen and oxygen atoms in total. The summed E-state index contributed by atoms with van der Waals surface area (Å²) in [5, 5.41) is 0.622. The van der Waals surface area contributed by atoms with E-state index in [1.54, 1.807) is 4.68 Å². The molecular weight excluding hydrogens is 308 g/mol. The second-order valence-electron chi connectivity index (χ2n) is 7.69. The van der Waals surface area contributed by atoms with Crippen molar-refractivity contribution in [2.75, 3.05) is 0 Å². The number of hydrogen-bond donors (Lipinski definition) is 0. The van der Waals surface area contributed by atoms with Crippen LogP contribution >= 0.6 is 11.6 Å². The first kappa shape index (κ1) is 15.1. The van der Waals surface area contributed by atoms with Gasteiger partial charge in [0, 0.05) is 17.5 Å². The minimum atomic E-state index is 0.0642. The summed E-state index contributed by atoms with van der Waals surface area (Å²) in [6, 6.07) is 7.62. The van der Waals surface area contributed by atoms with Gasteiger partial charge in [-0.25, -0.2) is 4.68 Å². The monoisotopic (exact) mass is 330 g/mol. The topological polar surface area (TPSA) is 26.9 Å². The van der Waals surface area contributed by atoms with Gasteiger partial charge in [-0.05, 0) is 43.2 Å². The van der Waals surface area contributed by atoms with Gasteiger partial charge in [-0.3, -0.25) is 9.48 Å². The summed E-state index contributed by atoms with van der Waals surface area (Å²) >= 11 is 6.39. The highest BCUT2D eigenvalue weighted by Gasteiger charge is 2.62. The first-order chi connectivity index (χ1) is 10.8. The molecule has 2 atom stereocenters. The third kappa shape index (κ3) is 1.59. The molecule has 2 bridgehead atoms. The van der Waals surface area contributed by atoms with Crippen molar-refractivity contribution in [3.8, 4) is 5.69 Å². The average Bonchev–Trinajstić information content (AvgIpc) is 2.99. The minimum absolute atomic E-state index is 0.0642. The zero-order valence-corrected chi connectivity index (χ0v) is 14.9. The van der Waals surface area contributed by atoms with Gasteiger partial charge in [-0.2, -0.15) is 0 Å². The Morgan fingerprint density at radius 1 is 1.26 bits per heavy atom. The molecule has 1 fully saturated rings. The Morgan fingerprint density at radius 3 is 2.61 bits per heavy atom. The van der Waals surface area contributed by atoms with Gasteiger partial charge >= 0.3 is 0 Å². The predicted octanol–water partition coefficient (Wildman–Crippen LogP) is 4.49. The Morgan fingerprint density at radius 2 is 1.96 bits per heavy atom. The van der Waals surface area contributed by atoms with E-state index >= 15 is 0 Å². The van der Waals surface area contributed by atoms with Crippen LogP contribution in [0.15, 0.2) is 29.1 Å². The van der Waals surface area contributed by atoms with Crippen molar-refractivity contribution in [2.45, 2.75) is 58.4 Å². The summed E-state index contributed by atoms with van der Waals surface area (Å²) in [7, 11) is 0. The van der Waals surface area contributed by atoms with Gasteiger partial charge in [-0.15, -0.1) is 0 Å². The van der Waals surface area contributed by atoms with Gasteiger partial charge in [0.15, 0.2) is 0 Å². The van der Waals surface area contributed by atoms with Crippen LogP contribution in [0.25, 0.3) is 5.69 Å². The molecule has 122 valence electrons. The van der Waals surface area contributed by atoms with E-state index in [-0.39, 0.29) is 16.4 Å². The molecule has 1 aromatic heterocycles. The van der Waals surface area contributed by atoms with E-state index in [1.165, 1.54) is 5.69 Å². The van der Waals surface area contributed by atoms with Crippen LogP contribution in [0.3, 0.4) is 0 Å². The van der Waals surface area contributed by atoms with Gasteiger partial charge in [0.2, 0.25) is 0 Å². The van der Waals surface area contributed by atoms with E-state index in [2.05, 4.69) is 32.4 Å². The zero-order chi connectivity index (χ0) is 16.6. The molecule has 2 aliphatic carbocycles. The number of fused-ring (bicyclic) bond motifs is 5.